The second kappa shape index (κ2) is 10.5. The van der Waals surface area contributed by atoms with Crippen LogP contribution in [-0.2, 0) is 10.1 Å². The molecule has 0 aliphatic heterocycles. The van der Waals surface area contributed by atoms with Gasteiger partial charge >= 0.3 is 40.9 Å². The molecule has 0 spiro atoms. The number of hydrogen-bond donors (Lipinski definition) is 1. The Hall–Kier alpha value is -2.85. The Morgan fingerprint density at radius 1 is 0.935 bits per heavy atom. The van der Waals surface area contributed by atoms with Crippen LogP contribution in [-0.4, -0.2) is 47.1 Å². The number of non-ortho nitro benzene ring substituents is 1. The van der Waals surface area contributed by atoms with Gasteiger partial charge < -0.3 is 14.8 Å². The Balaban J connectivity index is 0.00000480. The van der Waals surface area contributed by atoms with E-state index in [2.05, 4.69) is 5.32 Å². The molecule has 14 nitrogen and oxygen atoms in total. The van der Waals surface area contributed by atoms with Gasteiger partial charge in [-0.15, -0.1) is 0 Å². The van der Waals surface area contributed by atoms with Gasteiger partial charge in [0.25, 0.3) is 5.69 Å². The van der Waals surface area contributed by atoms with Crippen molar-refractivity contribution in [1.82, 2.24) is 0 Å². The predicted octanol–water partition coefficient (Wildman–Crippen LogP) is -0.860. The molecule has 2 aromatic rings. The molecule has 0 fully saturated rings. The van der Waals surface area contributed by atoms with Gasteiger partial charge in [0.2, 0.25) is 0 Å². The van der Waals surface area contributed by atoms with E-state index in [1.807, 2.05) is 0 Å². The number of nitrogens with zero attached hydrogens (tertiary/aromatic N) is 4. The molecule has 2 aromatic carbocycles. The molecule has 1 N–H and O–H groups in total. The second-order valence-electron chi connectivity index (χ2n) is 5.99. The van der Waals surface area contributed by atoms with Crippen molar-refractivity contribution in [3.8, 4) is 0 Å². The third-order valence-electron chi connectivity index (χ3n) is 3.94. The maximum Gasteiger partial charge on any atom is 1.00 e. The minimum absolute atomic E-state index is 0. The van der Waals surface area contributed by atoms with Crippen LogP contribution in [0.1, 0.15) is 0 Å². The van der Waals surface area contributed by atoms with E-state index < -0.39 is 53.4 Å². The Bertz CT molecular complexity index is 1070. The molecule has 0 atom stereocenters. The maximum atomic E-state index is 11.3. The standard InChI is InChI=1S/C15H15N5O9S.Na/c1-17(6-7-30(27,28)29)11-4-2-10(3-5-11)16-15-13(19(23)24)8-12(18(21)22)9-14(15)20(25)26;/h2-5,8-9,16H,6-7H2,1H3,(H,27,28,29);/q;+1/p-1. The van der Waals surface area contributed by atoms with Crippen LogP contribution in [0.5, 0.6) is 0 Å². The molecule has 160 valence electrons. The quantitative estimate of drug-likeness (QED) is 0.210. The maximum absolute atomic E-state index is 11.3. The number of benzene rings is 2. The molecule has 0 saturated carbocycles. The molecule has 0 amide bonds. The van der Waals surface area contributed by atoms with E-state index in [1.165, 1.54) is 29.2 Å². The Labute approximate surface area is 197 Å². The van der Waals surface area contributed by atoms with Crippen molar-refractivity contribution in [3.05, 3.63) is 66.7 Å². The summed E-state index contributed by atoms with van der Waals surface area (Å²) in [6.45, 7) is -0.0715. The van der Waals surface area contributed by atoms with Gasteiger partial charge in [-0.25, -0.2) is 8.42 Å². The molecule has 0 unspecified atom stereocenters. The molecule has 0 aromatic heterocycles. The second-order valence-corrected chi connectivity index (χ2v) is 7.51. The zero-order chi connectivity index (χ0) is 22.6. The Kier molecular flexibility index (Phi) is 8.83. The van der Waals surface area contributed by atoms with E-state index >= 15 is 0 Å². The molecule has 0 aliphatic carbocycles. The van der Waals surface area contributed by atoms with Crippen LogP contribution in [0, 0.1) is 30.3 Å². The smallest absolute Gasteiger partial charge is 0.748 e. The average Bonchev–Trinajstić information content (AvgIpc) is 2.65. The van der Waals surface area contributed by atoms with Gasteiger partial charge in [-0.05, 0) is 24.3 Å². The Morgan fingerprint density at radius 2 is 1.42 bits per heavy atom. The minimum Gasteiger partial charge on any atom is -0.748 e. The summed E-state index contributed by atoms with van der Waals surface area (Å²) in [5.41, 5.74) is -2.32. The zero-order valence-corrected chi connectivity index (χ0v) is 19.1. The van der Waals surface area contributed by atoms with E-state index in [0.29, 0.717) is 17.8 Å². The fraction of sp³-hybridized carbons (Fsp3) is 0.200. The average molecular weight is 463 g/mol. The van der Waals surface area contributed by atoms with E-state index in [4.69, 9.17) is 0 Å². The van der Waals surface area contributed by atoms with Gasteiger partial charge in [0.05, 0.1) is 42.8 Å². The first kappa shape index (κ1) is 26.2. The van der Waals surface area contributed by atoms with Crippen LogP contribution in [0.2, 0.25) is 0 Å². The van der Waals surface area contributed by atoms with E-state index in [-0.39, 0.29) is 41.8 Å². The molecular weight excluding hydrogens is 449 g/mol. The van der Waals surface area contributed by atoms with Gasteiger partial charge in [-0.1, -0.05) is 0 Å². The summed E-state index contributed by atoms with van der Waals surface area (Å²) >= 11 is 0. The summed E-state index contributed by atoms with van der Waals surface area (Å²) in [6.07, 6.45) is 0. The molecule has 16 heteroatoms. The molecule has 0 radical (unpaired) electrons. The Morgan fingerprint density at radius 3 is 1.81 bits per heavy atom. The first-order chi connectivity index (χ1) is 13.9. The van der Waals surface area contributed by atoms with E-state index in [0.717, 1.165) is 0 Å². The molecule has 31 heavy (non-hydrogen) atoms. The number of nitro benzene ring substituents is 3. The number of nitrogens with one attached hydrogen (secondary N) is 1. The monoisotopic (exact) mass is 463 g/mol. The fourth-order valence-electron chi connectivity index (χ4n) is 2.44. The van der Waals surface area contributed by atoms with Crippen LogP contribution < -0.4 is 39.8 Å². The summed E-state index contributed by atoms with van der Waals surface area (Å²) in [5, 5.41) is 36.0. The van der Waals surface area contributed by atoms with Crippen molar-refractivity contribution in [3.63, 3.8) is 0 Å². The van der Waals surface area contributed by atoms with E-state index in [9.17, 15) is 43.3 Å². The normalized spacial score (nSPS) is 10.6. The number of anilines is 3. The van der Waals surface area contributed by atoms with Crippen LogP contribution in [0.4, 0.5) is 34.1 Å². The van der Waals surface area contributed by atoms with Gasteiger partial charge in [-0.2, -0.15) is 0 Å². The topological polar surface area (TPSA) is 202 Å². The van der Waals surface area contributed by atoms with Crippen LogP contribution in [0.3, 0.4) is 0 Å². The number of rotatable bonds is 9. The van der Waals surface area contributed by atoms with Crippen LogP contribution in [0.15, 0.2) is 36.4 Å². The van der Waals surface area contributed by atoms with Gasteiger partial charge in [0.15, 0.2) is 5.69 Å². The van der Waals surface area contributed by atoms with Crippen LogP contribution in [0.25, 0.3) is 0 Å². The zero-order valence-electron chi connectivity index (χ0n) is 16.2. The van der Waals surface area contributed by atoms with Gasteiger partial charge in [0.1, 0.15) is 0 Å². The molecule has 0 aliphatic rings. The van der Waals surface area contributed by atoms with Crippen molar-refractivity contribution in [2.24, 2.45) is 0 Å². The van der Waals surface area contributed by atoms with E-state index in [1.54, 1.807) is 7.05 Å². The van der Waals surface area contributed by atoms with Crippen molar-refractivity contribution in [2.45, 2.75) is 0 Å². The largest absolute Gasteiger partial charge is 1.00 e. The third-order valence-corrected chi connectivity index (χ3v) is 4.62. The fourth-order valence-corrected chi connectivity index (χ4v) is 2.94. The minimum atomic E-state index is -4.39. The summed E-state index contributed by atoms with van der Waals surface area (Å²) in [5.74, 6) is -0.606. The summed E-state index contributed by atoms with van der Waals surface area (Å²) in [7, 11) is -2.85. The number of nitro groups is 3. The summed E-state index contributed by atoms with van der Waals surface area (Å²) in [4.78, 5) is 32.1. The van der Waals surface area contributed by atoms with Gasteiger partial charge in [-0.3, -0.25) is 30.3 Å². The summed E-state index contributed by atoms with van der Waals surface area (Å²) in [6, 6.07) is 7.02. The predicted molar refractivity (Wildman–Crippen MR) is 104 cm³/mol. The first-order valence-corrected chi connectivity index (χ1v) is 9.60. The molecular formula is C15H14N5NaO9S. The third kappa shape index (κ3) is 7.11. The summed E-state index contributed by atoms with van der Waals surface area (Å²) < 4.78 is 32.2. The molecule has 0 heterocycles. The van der Waals surface area contributed by atoms with Gasteiger partial charge in [0, 0.05) is 25.0 Å². The van der Waals surface area contributed by atoms with Crippen LogP contribution >= 0.6 is 0 Å². The molecule has 0 bridgehead atoms. The first-order valence-electron chi connectivity index (χ1n) is 8.02. The number of hydrogen-bond acceptors (Lipinski definition) is 11. The SMILES string of the molecule is CN(CCS(=O)(=O)[O-])c1ccc(Nc2c([N+](=O)[O-])cc([N+](=O)[O-])cc2[N+](=O)[O-])cc1.[Na+]. The van der Waals surface area contributed by atoms with Crippen molar-refractivity contribution < 1.29 is 57.3 Å². The van der Waals surface area contributed by atoms with Crippen molar-refractivity contribution in [2.75, 3.05) is 29.6 Å². The van der Waals surface area contributed by atoms with Crippen molar-refractivity contribution >= 4 is 44.2 Å². The van der Waals surface area contributed by atoms with Crippen molar-refractivity contribution in [1.29, 1.82) is 0 Å². The molecule has 0 saturated heterocycles. The molecule has 2 rings (SSSR count).